The number of allylic oxidation sites excluding steroid dienone is 1. The lowest BCUT2D eigenvalue weighted by Crippen LogP contribution is -2.47. The number of halogens is 1. The lowest BCUT2D eigenvalue weighted by Gasteiger charge is -2.39. The first-order valence-electron chi connectivity index (χ1n) is 23.8. The average molecular weight is 1000 g/mol. The van der Waals surface area contributed by atoms with Gasteiger partial charge in [-0.15, -0.1) is 10.1 Å². The molecule has 2 aliphatic heterocycles. The largest absolute Gasteiger partial charge is 0.455 e. The highest BCUT2D eigenvalue weighted by Gasteiger charge is 2.31. The number of nitro benzene ring substituents is 1. The molecule has 3 fully saturated rings. The molecule has 2 aliphatic carbocycles. The summed E-state index contributed by atoms with van der Waals surface area (Å²) in [6, 6.07) is 20.6. The topological polar surface area (TPSA) is 199 Å². The van der Waals surface area contributed by atoms with E-state index >= 15 is 0 Å². The first kappa shape index (κ1) is 48.6. The number of anilines is 2. The van der Waals surface area contributed by atoms with Crippen LogP contribution in [0, 0.1) is 15.5 Å². The molecule has 3 aromatic carbocycles. The molecule has 0 bridgehead atoms. The van der Waals surface area contributed by atoms with Crippen LogP contribution < -0.4 is 19.7 Å². The van der Waals surface area contributed by atoms with Crippen LogP contribution >= 0.6 is 11.6 Å². The smallest absolute Gasteiger partial charge is 0.293 e. The number of carbonyl (C=O) groups excluding carboxylic acids is 1. The minimum absolute atomic E-state index is 0.0452. The Kier molecular flexibility index (Phi) is 14.2. The predicted octanol–water partition coefficient (Wildman–Crippen LogP) is 9.03. The highest BCUT2D eigenvalue weighted by Crippen LogP contribution is 2.44. The molecule has 9 rings (SSSR count). The second-order valence-electron chi connectivity index (χ2n) is 19.8. The van der Waals surface area contributed by atoms with Crippen LogP contribution in [-0.4, -0.2) is 120 Å². The van der Waals surface area contributed by atoms with E-state index in [9.17, 15) is 27.9 Å². The summed E-state index contributed by atoms with van der Waals surface area (Å²) in [5.41, 5.74) is 5.46. The third-order valence-electron chi connectivity index (χ3n) is 13.8. The SMILES string of the molecule is C[C@@H](CCN1CC[SH](O)(=NC2CC2)CC1)Nc1ccc(S(=O)(=O)NC(=O)c2ccc(N3CCN(CC4=C(c5ccc(Cl)cc5)CC(C)(C)CC4)CC3)cc2Oc2cnc3[nH]ccc3c2)cc1[N+](=O)[O-]. The maximum Gasteiger partial charge on any atom is 0.293 e. The molecule has 1 saturated carbocycles. The van der Waals surface area contributed by atoms with Crippen LogP contribution in [0.15, 0.2) is 100 Å². The number of ether oxygens (including phenoxy) is 1. The molecular weight excluding hydrogens is 938 g/mol. The molecule has 16 nitrogen and oxygen atoms in total. The van der Waals surface area contributed by atoms with Crippen molar-refractivity contribution >= 4 is 71.3 Å². The summed E-state index contributed by atoms with van der Waals surface area (Å²) in [5, 5.41) is 17.0. The highest BCUT2D eigenvalue weighted by molar-refractivity contribution is 8.00. The van der Waals surface area contributed by atoms with Gasteiger partial charge in [-0.2, -0.15) is 0 Å². The Hall–Kier alpha value is -5.37. The number of nitrogens with one attached hydrogen (secondary N) is 3. The average Bonchev–Trinajstić information content (AvgIpc) is 4.00. The van der Waals surface area contributed by atoms with Crippen molar-refractivity contribution in [3.8, 4) is 11.5 Å². The number of aromatic nitrogens is 2. The number of fused-ring (bicyclic) bond motifs is 1. The number of H-pyrrole nitrogens is 1. The molecule has 19 heteroatoms. The summed E-state index contributed by atoms with van der Waals surface area (Å²) < 4.78 is 51.8. The number of rotatable bonds is 16. The molecule has 0 radical (unpaired) electrons. The predicted molar refractivity (Wildman–Crippen MR) is 276 cm³/mol. The first-order valence-corrected chi connectivity index (χ1v) is 27.8. The molecule has 1 amide bonds. The van der Waals surface area contributed by atoms with Gasteiger partial charge < -0.3 is 29.4 Å². The first-order chi connectivity index (χ1) is 33.0. The summed E-state index contributed by atoms with van der Waals surface area (Å²) in [6.45, 7) is 12.8. The van der Waals surface area contributed by atoms with E-state index in [0.29, 0.717) is 35.4 Å². The fraction of sp³-hybridized carbons (Fsp3) is 0.440. The van der Waals surface area contributed by atoms with E-state index in [2.05, 4.69) is 60.7 Å². The number of nitro groups is 1. The van der Waals surface area contributed by atoms with E-state index in [4.69, 9.17) is 20.7 Å². The fourth-order valence-electron chi connectivity index (χ4n) is 9.54. The molecule has 0 spiro atoms. The number of amides is 1. The highest BCUT2D eigenvalue weighted by atomic mass is 35.5. The molecular formula is C50H62ClN9O7S2. The molecule has 2 saturated heterocycles. The number of sulfonamides is 1. The van der Waals surface area contributed by atoms with E-state index in [1.54, 1.807) is 30.5 Å². The van der Waals surface area contributed by atoms with Crippen LogP contribution in [0.2, 0.25) is 5.02 Å². The number of aromatic amines is 1. The van der Waals surface area contributed by atoms with Gasteiger partial charge in [-0.05, 0) is 111 Å². The number of hydrogen-bond donors (Lipinski definition) is 5. The zero-order valence-electron chi connectivity index (χ0n) is 39.4. The minimum Gasteiger partial charge on any atom is -0.455 e. The molecule has 4 aliphatic rings. The van der Waals surface area contributed by atoms with Crippen molar-refractivity contribution in [3.05, 3.63) is 117 Å². The molecule has 1 atom stereocenters. The Morgan fingerprint density at radius 2 is 1.78 bits per heavy atom. The Balaban J connectivity index is 0.881. The van der Waals surface area contributed by atoms with E-state index < -0.39 is 41.5 Å². The van der Waals surface area contributed by atoms with Crippen molar-refractivity contribution < 1.29 is 27.4 Å². The number of carbonyl (C=O) groups is 1. The molecule has 5 aromatic rings. The van der Waals surface area contributed by atoms with Gasteiger partial charge in [-0.3, -0.25) is 24.2 Å². The van der Waals surface area contributed by atoms with Crippen LogP contribution in [0.5, 0.6) is 11.5 Å². The van der Waals surface area contributed by atoms with Crippen molar-refractivity contribution in [2.24, 2.45) is 9.78 Å². The number of hydrogen-bond acceptors (Lipinski definition) is 12. The van der Waals surface area contributed by atoms with Gasteiger partial charge >= 0.3 is 0 Å². The van der Waals surface area contributed by atoms with Crippen molar-refractivity contribution in [1.29, 1.82) is 0 Å². The van der Waals surface area contributed by atoms with Gasteiger partial charge in [0.05, 0.1) is 27.6 Å². The van der Waals surface area contributed by atoms with Crippen LogP contribution in [0.1, 0.15) is 75.2 Å². The Bertz CT molecular complexity index is 2920. The van der Waals surface area contributed by atoms with E-state index in [-0.39, 0.29) is 28.5 Å². The van der Waals surface area contributed by atoms with Crippen molar-refractivity contribution in [2.75, 3.05) is 74.1 Å². The number of pyridine rings is 1. The van der Waals surface area contributed by atoms with Crippen molar-refractivity contribution in [1.82, 2.24) is 24.5 Å². The number of nitrogens with zero attached hydrogens (tertiary/aromatic N) is 6. The second-order valence-corrected chi connectivity index (χ2v) is 24.8. The van der Waals surface area contributed by atoms with Crippen LogP contribution in [0.25, 0.3) is 16.6 Å². The number of thiol groups is 1. The van der Waals surface area contributed by atoms with Crippen LogP contribution in [-0.2, 0) is 20.1 Å². The summed E-state index contributed by atoms with van der Waals surface area (Å²) >= 11 is 6.26. The molecule has 368 valence electrons. The molecule has 2 aromatic heterocycles. The van der Waals surface area contributed by atoms with E-state index in [1.165, 1.54) is 35.0 Å². The standard InChI is InChI=1S/C50H62ClN9O7S2/c1-34(16-19-57-24-26-68(64,27-25-57)55-39-8-9-39)54-45-13-11-42(30-46(45)60(62)63)69(65,66)56-49(61)43-12-10-40(29-47(43)67-41-28-36-15-18-52-48(36)53-32-41)59-22-20-58(21-23-59)33-37-14-17-50(2,3)31-44(37)35-4-6-38(51)7-5-35/h4-7,10-13,15,18,28-30,32,34,39,54,68H,8-9,14,16-17,19-27,31,33H2,1-3H3,(H,52,53)(H,55,64)(H,56,61)/t34-/m0/s1. The third kappa shape index (κ3) is 12.0. The molecule has 0 unspecified atom stereocenters. The Morgan fingerprint density at radius 3 is 2.51 bits per heavy atom. The summed E-state index contributed by atoms with van der Waals surface area (Å²) in [6.07, 6.45) is 9.29. The lowest BCUT2D eigenvalue weighted by atomic mass is 9.72. The maximum absolute atomic E-state index is 14.1. The van der Waals surface area contributed by atoms with Crippen molar-refractivity contribution in [2.45, 2.75) is 76.3 Å². The molecule has 69 heavy (non-hydrogen) atoms. The minimum atomic E-state index is -4.60. The molecule has 4 N–H and O–H groups in total. The van der Waals surface area contributed by atoms with E-state index in [1.807, 2.05) is 25.1 Å². The number of benzene rings is 3. The zero-order valence-corrected chi connectivity index (χ0v) is 41.8. The third-order valence-corrected chi connectivity index (χ3v) is 18.0. The summed E-state index contributed by atoms with van der Waals surface area (Å²) in [4.78, 5) is 39.8. The summed E-state index contributed by atoms with van der Waals surface area (Å²) in [5.74, 6) is 0.884. The van der Waals surface area contributed by atoms with Crippen LogP contribution in [0.3, 0.4) is 0 Å². The maximum atomic E-state index is 14.1. The normalized spacial score (nSPS) is 19.8. The van der Waals surface area contributed by atoms with Crippen LogP contribution in [0.4, 0.5) is 17.1 Å². The summed E-state index contributed by atoms with van der Waals surface area (Å²) in [7, 11) is -6.80. The fourth-order valence-corrected chi connectivity index (χ4v) is 13.2. The van der Waals surface area contributed by atoms with Crippen molar-refractivity contribution in [3.63, 3.8) is 0 Å². The second kappa shape index (κ2) is 20.2. The van der Waals surface area contributed by atoms with E-state index in [0.717, 1.165) is 107 Å². The van der Waals surface area contributed by atoms with Gasteiger partial charge in [0.1, 0.15) is 22.8 Å². The van der Waals surface area contributed by atoms with Gasteiger partial charge in [-0.1, -0.05) is 43.2 Å². The quantitative estimate of drug-likeness (QED) is 0.0358. The van der Waals surface area contributed by atoms with Gasteiger partial charge in [0.25, 0.3) is 21.6 Å². The van der Waals surface area contributed by atoms with Gasteiger partial charge in [0.15, 0.2) is 0 Å². The Labute approximate surface area is 409 Å². The number of piperazine rings is 1. The Morgan fingerprint density at radius 1 is 1.03 bits per heavy atom. The zero-order chi connectivity index (χ0) is 48.5. The van der Waals surface area contributed by atoms with Gasteiger partial charge in [0.2, 0.25) is 0 Å². The van der Waals surface area contributed by atoms with Gasteiger partial charge in [0, 0.05) is 104 Å². The van der Waals surface area contributed by atoms with Gasteiger partial charge in [-0.25, -0.2) is 18.1 Å². The molecule has 4 heterocycles. The lowest BCUT2D eigenvalue weighted by molar-refractivity contribution is -0.384. The monoisotopic (exact) mass is 999 g/mol.